The Morgan fingerprint density at radius 2 is 2.07 bits per heavy atom. The third-order valence-electron chi connectivity index (χ3n) is 5.29. The molecule has 6 nitrogen and oxygen atoms in total. The second-order valence-electron chi connectivity index (χ2n) is 7.37. The molecule has 1 saturated carbocycles. The van der Waals surface area contributed by atoms with Crippen molar-refractivity contribution in [3.05, 3.63) is 34.6 Å². The molecule has 0 aliphatic heterocycles. The fraction of sp³-hybridized carbons (Fsp3) is 0.571. The van der Waals surface area contributed by atoms with Crippen molar-refractivity contribution in [3.63, 3.8) is 0 Å². The Hall–Kier alpha value is -1.86. The molecule has 1 fully saturated rings. The maximum absolute atomic E-state index is 12.9. The van der Waals surface area contributed by atoms with Gasteiger partial charge in [-0.2, -0.15) is 0 Å². The second-order valence-corrected chi connectivity index (χ2v) is 8.68. The van der Waals surface area contributed by atoms with Crippen LogP contribution in [0.1, 0.15) is 39.0 Å². The second kappa shape index (κ2) is 10.1. The summed E-state index contributed by atoms with van der Waals surface area (Å²) < 4.78 is 6.76. The van der Waals surface area contributed by atoms with E-state index in [1.807, 2.05) is 25.1 Å². The summed E-state index contributed by atoms with van der Waals surface area (Å²) in [5.74, 6) is 0.588. The first-order valence-corrected chi connectivity index (χ1v) is 10.9. The monoisotopic (exact) mass is 403 g/mol. The fourth-order valence-electron chi connectivity index (χ4n) is 3.61. The molecule has 1 atom stereocenters. The number of hydrogen-bond acceptors (Lipinski definition) is 5. The standard InChI is InChI=1S/C21H29N3O3S/c1-15(19(25)22-14-16-8-4-3-5-9-16)28-21-23-18-11-7-6-10-17(18)20(26)24(21)12-13-27-2/h6-7,10-11,15-16H,3-5,8-9,12-14H2,1-2H3,(H,22,25). The van der Waals surface area contributed by atoms with Crippen LogP contribution in [0.25, 0.3) is 10.9 Å². The minimum atomic E-state index is -0.328. The van der Waals surface area contributed by atoms with Crippen molar-refractivity contribution in [2.45, 2.75) is 56.0 Å². The number of fused-ring (bicyclic) bond motifs is 1. The predicted molar refractivity (Wildman–Crippen MR) is 113 cm³/mol. The van der Waals surface area contributed by atoms with E-state index in [1.54, 1.807) is 17.7 Å². The number of aromatic nitrogens is 2. The minimum absolute atomic E-state index is 0.00345. The van der Waals surface area contributed by atoms with Crippen LogP contribution in [0.2, 0.25) is 0 Å². The molecule has 1 N–H and O–H groups in total. The topological polar surface area (TPSA) is 73.2 Å². The zero-order valence-corrected chi connectivity index (χ0v) is 17.5. The zero-order chi connectivity index (χ0) is 19.9. The highest BCUT2D eigenvalue weighted by atomic mass is 32.2. The van der Waals surface area contributed by atoms with Gasteiger partial charge < -0.3 is 10.1 Å². The van der Waals surface area contributed by atoms with Gasteiger partial charge in [-0.3, -0.25) is 14.2 Å². The van der Waals surface area contributed by atoms with Crippen molar-refractivity contribution in [1.82, 2.24) is 14.9 Å². The lowest BCUT2D eigenvalue weighted by atomic mass is 9.89. The van der Waals surface area contributed by atoms with Gasteiger partial charge in [0.2, 0.25) is 5.91 Å². The van der Waals surface area contributed by atoms with Crippen LogP contribution in [0, 0.1) is 5.92 Å². The normalized spacial score (nSPS) is 16.2. The Morgan fingerprint density at radius 3 is 2.82 bits per heavy atom. The van der Waals surface area contributed by atoms with Gasteiger partial charge in [0.15, 0.2) is 5.16 Å². The van der Waals surface area contributed by atoms with Gasteiger partial charge in [-0.1, -0.05) is 43.2 Å². The Morgan fingerprint density at radius 1 is 1.32 bits per heavy atom. The van der Waals surface area contributed by atoms with Gasteiger partial charge in [-0.05, 0) is 37.8 Å². The molecule has 1 amide bonds. The lowest BCUT2D eigenvalue weighted by molar-refractivity contribution is -0.120. The number of thioether (sulfide) groups is 1. The summed E-state index contributed by atoms with van der Waals surface area (Å²) in [5, 5.41) is 3.90. The van der Waals surface area contributed by atoms with Gasteiger partial charge >= 0.3 is 0 Å². The van der Waals surface area contributed by atoms with Crippen LogP contribution in [0.3, 0.4) is 0 Å². The molecule has 1 aromatic carbocycles. The van der Waals surface area contributed by atoms with E-state index < -0.39 is 0 Å². The Kier molecular flexibility index (Phi) is 7.50. The molecule has 1 heterocycles. The van der Waals surface area contributed by atoms with Crippen LogP contribution in [0.15, 0.2) is 34.2 Å². The molecule has 7 heteroatoms. The highest BCUT2D eigenvalue weighted by Gasteiger charge is 2.21. The molecule has 0 bridgehead atoms. The molecule has 1 aliphatic rings. The molecule has 1 unspecified atom stereocenters. The van der Waals surface area contributed by atoms with Gasteiger partial charge in [-0.15, -0.1) is 0 Å². The van der Waals surface area contributed by atoms with E-state index in [2.05, 4.69) is 10.3 Å². The van der Waals surface area contributed by atoms with Crippen molar-refractivity contribution in [2.24, 2.45) is 5.92 Å². The van der Waals surface area contributed by atoms with Gasteiger partial charge in [0.1, 0.15) is 0 Å². The number of nitrogens with zero attached hydrogens (tertiary/aromatic N) is 2. The maximum Gasteiger partial charge on any atom is 0.262 e. The first kappa shape index (κ1) is 20.9. The smallest absolute Gasteiger partial charge is 0.262 e. The molecular formula is C21H29N3O3S. The summed E-state index contributed by atoms with van der Waals surface area (Å²) in [4.78, 5) is 30.1. The third kappa shape index (κ3) is 5.14. The van der Waals surface area contributed by atoms with Crippen LogP contribution >= 0.6 is 11.8 Å². The van der Waals surface area contributed by atoms with Crippen LogP contribution in [-0.4, -0.2) is 41.0 Å². The average molecular weight is 404 g/mol. The van der Waals surface area contributed by atoms with Crippen molar-refractivity contribution in [2.75, 3.05) is 20.3 Å². The van der Waals surface area contributed by atoms with Crippen LogP contribution in [0.5, 0.6) is 0 Å². The highest BCUT2D eigenvalue weighted by Crippen LogP contribution is 2.24. The minimum Gasteiger partial charge on any atom is -0.383 e. The van der Waals surface area contributed by atoms with E-state index >= 15 is 0 Å². The number of nitrogens with one attached hydrogen (secondary N) is 1. The summed E-state index contributed by atoms with van der Waals surface area (Å²) in [7, 11) is 1.60. The molecule has 1 aromatic heterocycles. The average Bonchev–Trinajstić information content (AvgIpc) is 2.72. The first-order chi connectivity index (χ1) is 13.6. The number of ether oxygens (including phenoxy) is 1. The highest BCUT2D eigenvalue weighted by molar-refractivity contribution is 8.00. The number of hydrogen-bond donors (Lipinski definition) is 1. The summed E-state index contributed by atoms with van der Waals surface area (Å²) in [6, 6.07) is 7.31. The maximum atomic E-state index is 12.9. The number of methoxy groups -OCH3 is 1. The molecule has 0 radical (unpaired) electrons. The van der Waals surface area contributed by atoms with E-state index in [4.69, 9.17) is 4.74 Å². The van der Waals surface area contributed by atoms with Crippen molar-refractivity contribution in [1.29, 1.82) is 0 Å². The van der Waals surface area contributed by atoms with Crippen LogP contribution < -0.4 is 10.9 Å². The number of carbonyl (C=O) groups excluding carboxylic acids is 1. The van der Waals surface area contributed by atoms with Crippen molar-refractivity contribution >= 4 is 28.6 Å². The molecule has 28 heavy (non-hydrogen) atoms. The van der Waals surface area contributed by atoms with Crippen molar-refractivity contribution in [3.8, 4) is 0 Å². The first-order valence-electron chi connectivity index (χ1n) is 10.0. The summed E-state index contributed by atoms with van der Waals surface area (Å²) >= 11 is 1.33. The number of amides is 1. The molecular weight excluding hydrogens is 374 g/mol. The number of rotatable bonds is 8. The molecule has 0 spiro atoms. The SMILES string of the molecule is COCCn1c(SC(C)C(=O)NCC2CCCCC2)nc2ccccc2c1=O. The van der Waals surface area contributed by atoms with E-state index in [9.17, 15) is 9.59 Å². The molecule has 1 aliphatic carbocycles. The van der Waals surface area contributed by atoms with E-state index in [0.717, 1.165) is 6.54 Å². The Bertz CT molecular complexity index is 862. The largest absolute Gasteiger partial charge is 0.383 e. The van der Waals surface area contributed by atoms with Crippen LogP contribution in [-0.2, 0) is 16.1 Å². The quantitative estimate of drug-likeness (QED) is 0.541. The zero-order valence-electron chi connectivity index (χ0n) is 16.6. The summed E-state index contributed by atoms with van der Waals surface area (Å²) in [6.45, 7) is 3.43. The Labute approximate surface area is 170 Å². The predicted octanol–water partition coefficient (Wildman–Crippen LogP) is 3.22. The third-order valence-corrected chi connectivity index (χ3v) is 6.38. The van der Waals surface area contributed by atoms with Gasteiger partial charge in [0, 0.05) is 13.7 Å². The van der Waals surface area contributed by atoms with Crippen LogP contribution in [0.4, 0.5) is 0 Å². The van der Waals surface area contributed by atoms with E-state index in [1.165, 1.54) is 43.9 Å². The van der Waals surface area contributed by atoms with E-state index in [0.29, 0.717) is 35.1 Å². The van der Waals surface area contributed by atoms with E-state index in [-0.39, 0.29) is 16.7 Å². The molecule has 152 valence electrons. The Balaban J connectivity index is 1.73. The molecule has 2 aromatic rings. The molecule has 0 saturated heterocycles. The number of para-hydroxylation sites is 1. The number of benzene rings is 1. The summed E-state index contributed by atoms with van der Waals surface area (Å²) in [5.41, 5.74) is 0.554. The van der Waals surface area contributed by atoms with Crippen molar-refractivity contribution < 1.29 is 9.53 Å². The summed E-state index contributed by atoms with van der Waals surface area (Å²) in [6.07, 6.45) is 6.23. The fourth-order valence-corrected chi connectivity index (χ4v) is 4.57. The number of carbonyl (C=O) groups is 1. The van der Waals surface area contributed by atoms with Gasteiger partial charge in [0.25, 0.3) is 5.56 Å². The van der Waals surface area contributed by atoms with Gasteiger partial charge in [-0.25, -0.2) is 4.98 Å². The lowest BCUT2D eigenvalue weighted by Crippen LogP contribution is -2.36. The lowest BCUT2D eigenvalue weighted by Gasteiger charge is -2.22. The van der Waals surface area contributed by atoms with Gasteiger partial charge in [0.05, 0.1) is 29.3 Å². The molecule has 3 rings (SSSR count).